The molecule has 5 aromatic carbocycles. The van der Waals surface area contributed by atoms with Gasteiger partial charge in [0.2, 0.25) is 0 Å². The summed E-state index contributed by atoms with van der Waals surface area (Å²) < 4.78 is 0. The number of benzene rings is 5. The molecule has 7 aromatic rings. The van der Waals surface area contributed by atoms with Crippen molar-refractivity contribution in [3.05, 3.63) is 157 Å². The summed E-state index contributed by atoms with van der Waals surface area (Å²) in [4.78, 5) is 9.33. The van der Waals surface area contributed by atoms with Crippen molar-refractivity contribution in [2.24, 2.45) is 0 Å². The van der Waals surface area contributed by atoms with E-state index in [2.05, 4.69) is 160 Å². The molecule has 0 N–H and O–H groups in total. The molecule has 218 valence electrons. The quantitative estimate of drug-likeness (QED) is 0.202. The number of aryl methyl sites for hydroxylation is 1. The molecular weight excluding hydrogens is 544 g/mol. The van der Waals surface area contributed by atoms with Crippen LogP contribution in [0.25, 0.3) is 66.5 Å². The minimum atomic E-state index is 0.0610. The molecule has 0 fully saturated rings. The molecule has 7 rings (SSSR count). The van der Waals surface area contributed by atoms with Gasteiger partial charge in [0.25, 0.3) is 0 Å². The number of rotatable bonds is 5. The van der Waals surface area contributed by atoms with Crippen molar-refractivity contribution in [2.45, 2.75) is 33.1 Å². The van der Waals surface area contributed by atoms with Crippen molar-refractivity contribution in [3.8, 4) is 55.8 Å². The van der Waals surface area contributed by atoms with Crippen molar-refractivity contribution in [3.63, 3.8) is 0 Å². The van der Waals surface area contributed by atoms with Crippen LogP contribution in [-0.2, 0) is 5.41 Å². The predicted octanol–water partition coefficient (Wildman–Crippen LogP) is 11.6. The molecule has 2 nitrogen and oxygen atoms in total. The highest BCUT2D eigenvalue weighted by molar-refractivity contribution is 6.05. The summed E-state index contributed by atoms with van der Waals surface area (Å²) in [6, 6.07) is 46.1. The molecule has 0 unspecified atom stereocenters. The van der Waals surface area contributed by atoms with Crippen LogP contribution in [0.5, 0.6) is 0 Å². The van der Waals surface area contributed by atoms with Crippen LogP contribution in [0, 0.1) is 6.92 Å². The van der Waals surface area contributed by atoms with Gasteiger partial charge in [0.05, 0.1) is 5.69 Å². The fourth-order valence-electron chi connectivity index (χ4n) is 6.09. The number of fused-ring (bicyclic) bond motifs is 1. The van der Waals surface area contributed by atoms with E-state index in [0.717, 1.165) is 22.2 Å². The number of hydrogen-bond donors (Lipinski definition) is 0. The van der Waals surface area contributed by atoms with Gasteiger partial charge in [-0.1, -0.05) is 111 Å². The summed E-state index contributed by atoms with van der Waals surface area (Å²) >= 11 is 0. The molecule has 45 heavy (non-hydrogen) atoms. The van der Waals surface area contributed by atoms with Gasteiger partial charge in [-0.25, -0.2) is 0 Å². The van der Waals surface area contributed by atoms with Crippen molar-refractivity contribution in [1.82, 2.24) is 9.97 Å². The van der Waals surface area contributed by atoms with Crippen molar-refractivity contribution < 1.29 is 0 Å². The Hall–Kier alpha value is -5.34. The van der Waals surface area contributed by atoms with E-state index >= 15 is 0 Å². The lowest BCUT2D eigenvalue weighted by Crippen LogP contribution is -2.11. The molecule has 2 aromatic heterocycles. The molecule has 0 radical (unpaired) electrons. The van der Waals surface area contributed by atoms with Crippen LogP contribution in [0.15, 0.2) is 146 Å². The Labute approximate surface area is 266 Å². The van der Waals surface area contributed by atoms with E-state index in [1.807, 2.05) is 18.6 Å². The highest BCUT2D eigenvalue weighted by atomic mass is 14.7. The van der Waals surface area contributed by atoms with Gasteiger partial charge < -0.3 is 0 Å². The van der Waals surface area contributed by atoms with Crippen molar-refractivity contribution in [2.75, 3.05) is 0 Å². The second-order valence-electron chi connectivity index (χ2n) is 12.9. The molecule has 0 spiro atoms. The summed E-state index contributed by atoms with van der Waals surface area (Å²) in [7, 11) is 0. The van der Waals surface area contributed by atoms with Crippen LogP contribution >= 0.6 is 0 Å². The first-order chi connectivity index (χ1) is 21.8. The maximum absolute atomic E-state index is 4.74. The normalized spacial score (nSPS) is 11.6. The summed E-state index contributed by atoms with van der Waals surface area (Å²) in [5.41, 5.74) is 14.2. The average Bonchev–Trinajstić information content (AvgIpc) is 3.08. The third-order valence-electron chi connectivity index (χ3n) is 8.65. The minimum absolute atomic E-state index is 0.0610. The van der Waals surface area contributed by atoms with Crippen LogP contribution in [0.3, 0.4) is 0 Å². The van der Waals surface area contributed by atoms with E-state index in [0.29, 0.717) is 0 Å². The van der Waals surface area contributed by atoms with Gasteiger partial charge in [0.1, 0.15) is 0 Å². The van der Waals surface area contributed by atoms with E-state index in [-0.39, 0.29) is 5.41 Å². The lowest BCUT2D eigenvalue weighted by atomic mass is 9.86. The Bertz CT molecular complexity index is 2140. The fraction of sp³-hybridized carbons (Fsp3) is 0.116. The van der Waals surface area contributed by atoms with Crippen LogP contribution in [0.4, 0.5) is 0 Å². The largest absolute Gasteiger partial charge is 0.264 e. The maximum Gasteiger partial charge on any atom is 0.0705 e. The summed E-state index contributed by atoms with van der Waals surface area (Å²) in [5.74, 6) is 0. The summed E-state index contributed by atoms with van der Waals surface area (Å²) in [6.07, 6.45) is 5.83. The molecule has 0 aliphatic carbocycles. The van der Waals surface area contributed by atoms with Crippen LogP contribution in [0.1, 0.15) is 31.9 Å². The van der Waals surface area contributed by atoms with Crippen LogP contribution in [0.2, 0.25) is 0 Å². The molecule has 0 amide bonds. The Morgan fingerprint density at radius 1 is 0.467 bits per heavy atom. The number of pyridine rings is 2. The first-order valence-corrected chi connectivity index (χ1v) is 15.6. The third-order valence-corrected chi connectivity index (χ3v) is 8.65. The van der Waals surface area contributed by atoms with Gasteiger partial charge in [-0.2, -0.15) is 0 Å². The SMILES string of the molecule is Cc1ccc(-c2cc(-c3ccccc3)cc(-c3ccc(-c4cccc(-c5cc(C(C)(C)C)ccn5)c4)c4ccncc34)c2)cc1. The first kappa shape index (κ1) is 28.4. The zero-order valence-electron chi connectivity index (χ0n) is 26.3. The smallest absolute Gasteiger partial charge is 0.0705 e. The Kier molecular flexibility index (Phi) is 7.35. The minimum Gasteiger partial charge on any atom is -0.264 e. The first-order valence-electron chi connectivity index (χ1n) is 15.6. The molecule has 0 aliphatic rings. The number of aromatic nitrogens is 2. The molecular formula is C43H36N2. The molecule has 0 saturated carbocycles. The lowest BCUT2D eigenvalue weighted by Gasteiger charge is -2.19. The Balaban J connectivity index is 1.37. The Morgan fingerprint density at radius 2 is 1.09 bits per heavy atom. The fourth-order valence-corrected chi connectivity index (χ4v) is 6.09. The van der Waals surface area contributed by atoms with Gasteiger partial charge >= 0.3 is 0 Å². The van der Waals surface area contributed by atoms with Gasteiger partial charge in [-0.3, -0.25) is 9.97 Å². The molecule has 0 aliphatic heterocycles. The van der Waals surface area contributed by atoms with Gasteiger partial charge in [-0.05, 0) is 110 Å². The molecule has 0 atom stereocenters. The average molecular weight is 581 g/mol. The second kappa shape index (κ2) is 11.6. The van der Waals surface area contributed by atoms with E-state index in [4.69, 9.17) is 4.98 Å². The molecule has 2 heterocycles. The summed E-state index contributed by atoms with van der Waals surface area (Å²) in [6.45, 7) is 8.85. The predicted molar refractivity (Wildman–Crippen MR) is 190 cm³/mol. The van der Waals surface area contributed by atoms with E-state index in [1.165, 1.54) is 55.5 Å². The van der Waals surface area contributed by atoms with Gasteiger partial charge in [-0.15, -0.1) is 0 Å². The molecule has 2 heteroatoms. The summed E-state index contributed by atoms with van der Waals surface area (Å²) in [5, 5.41) is 2.31. The molecule has 0 saturated heterocycles. The molecule has 0 bridgehead atoms. The topological polar surface area (TPSA) is 25.8 Å². The van der Waals surface area contributed by atoms with Crippen molar-refractivity contribution in [1.29, 1.82) is 0 Å². The monoisotopic (exact) mass is 580 g/mol. The standard InChI is InChI=1S/C43H36N2/c1-29-13-15-31(16-14-29)35-24-34(30-9-6-5-7-10-30)25-36(26-35)39-18-17-38(40-20-21-44-28-41(39)40)32-11-8-12-33(23-32)42-27-37(19-22-45-42)43(2,3)4/h5-28H,1-4H3. The van der Waals surface area contributed by atoms with Gasteiger partial charge in [0.15, 0.2) is 0 Å². The Morgan fingerprint density at radius 3 is 1.82 bits per heavy atom. The van der Waals surface area contributed by atoms with Crippen LogP contribution < -0.4 is 0 Å². The highest BCUT2D eigenvalue weighted by Crippen LogP contribution is 2.39. The zero-order valence-corrected chi connectivity index (χ0v) is 26.3. The highest BCUT2D eigenvalue weighted by Gasteiger charge is 2.16. The van der Waals surface area contributed by atoms with E-state index in [9.17, 15) is 0 Å². The zero-order chi connectivity index (χ0) is 31.0. The number of nitrogens with zero attached hydrogens (tertiary/aromatic N) is 2. The van der Waals surface area contributed by atoms with Gasteiger partial charge in [0, 0.05) is 29.5 Å². The third kappa shape index (κ3) is 5.80. The van der Waals surface area contributed by atoms with Crippen molar-refractivity contribution >= 4 is 10.8 Å². The van der Waals surface area contributed by atoms with Crippen LogP contribution in [-0.4, -0.2) is 9.97 Å². The maximum atomic E-state index is 4.74. The second-order valence-corrected chi connectivity index (χ2v) is 12.9. The number of hydrogen-bond acceptors (Lipinski definition) is 2. The lowest BCUT2D eigenvalue weighted by molar-refractivity contribution is 0.589. The van der Waals surface area contributed by atoms with E-state index < -0.39 is 0 Å². The van der Waals surface area contributed by atoms with E-state index in [1.54, 1.807) is 0 Å².